The molecule has 3 aliphatic rings. The fourth-order valence-corrected chi connectivity index (χ4v) is 4.16. The van der Waals surface area contributed by atoms with Gasteiger partial charge in [0.2, 0.25) is 0 Å². The largest absolute Gasteiger partial charge is 0.345 e. The van der Waals surface area contributed by atoms with Crippen molar-refractivity contribution in [2.24, 2.45) is 0 Å². The lowest BCUT2D eigenvalue weighted by Crippen LogP contribution is -2.23. The molecule has 3 heterocycles. The van der Waals surface area contributed by atoms with E-state index < -0.39 is 0 Å². The first-order valence-electron chi connectivity index (χ1n) is 8.72. The molecular formula is C22H20N2. The Hall–Kier alpha value is -2.61. The van der Waals surface area contributed by atoms with E-state index in [1.807, 2.05) is 12.4 Å². The third kappa shape index (κ3) is 2.06. The van der Waals surface area contributed by atoms with Crippen LogP contribution < -0.4 is 4.90 Å². The van der Waals surface area contributed by atoms with E-state index in [2.05, 4.69) is 52.9 Å². The van der Waals surface area contributed by atoms with Crippen molar-refractivity contribution < 1.29 is 0 Å². The van der Waals surface area contributed by atoms with Crippen LogP contribution in [0.4, 0.5) is 5.69 Å². The van der Waals surface area contributed by atoms with E-state index in [1.54, 1.807) is 0 Å². The van der Waals surface area contributed by atoms with E-state index in [0.29, 0.717) is 0 Å². The Labute approximate surface area is 142 Å². The Morgan fingerprint density at radius 1 is 0.917 bits per heavy atom. The van der Waals surface area contributed by atoms with Crippen LogP contribution in [-0.2, 0) is 12.8 Å². The van der Waals surface area contributed by atoms with Crippen molar-refractivity contribution in [3.8, 4) is 11.1 Å². The molecule has 2 heteroatoms. The van der Waals surface area contributed by atoms with Gasteiger partial charge < -0.3 is 4.90 Å². The zero-order valence-electron chi connectivity index (χ0n) is 13.8. The van der Waals surface area contributed by atoms with Gasteiger partial charge in [0, 0.05) is 35.9 Å². The number of hydrogen-bond acceptors (Lipinski definition) is 2. The number of aromatic nitrogens is 1. The van der Waals surface area contributed by atoms with Gasteiger partial charge in [-0.15, -0.1) is 0 Å². The molecule has 2 aromatic rings. The Morgan fingerprint density at radius 2 is 1.75 bits per heavy atom. The SMILES string of the molecule is C=C1CCc2cc(-c3cncc(C4=CC=CC4)c3)cc3c2N1CC3. The van der Waals surface area contributed by atoms with Gasteiger partial charge in [-0.25, -0.2) is 0 Å². The number of rotatable bonds is 2. The molecule has 0 spiro atoms. The summed E-state index contributed by atoms with van der Waals surface area (Å²) in [6.07, 6.45) is 14.8. The average Bonchev–Trinajstić information content (AvgIpc) is 3.29. The van der Waals surface area contributed by atoms with Crippen LogP contribution in [0.5, 0.6) is 0 Å². The summed E-state index contributed by atoms with van der Waals surface area (Å²) in [6.45, 7) is 5.32. The third-order valence-electron chi connectivity index (χ3n) is 5.42. The van der Waals surface area contributed by atoms with Crippen molar-refractivity contribution in [2.75, 3.05) is 11.4 Å². The molecule has 0 saturated carbocycles. The predicted molar refractivity (Wildman–Crippen MR) is 99.9 cm³/mol. The molecule has 1 aromatic carbocycles. The van der Waals surface area contributed by atoms with Gasteiger partial charge in [0.1, 0.15) is 0 Å². The topological polar surface area (TPSA) is 16.1 Å². The number of anilines is 1. The summed E-state index contributed by atoms with van der Waals surface area (Å²) in [6, 6.07) is 7.01. The van der Waals surface area contributed by atoms with Gasteiger partial charge in [-0.1, -0.05) is 24.8 Å². The average molecular weight is 312 g/mol. The van der Waals surface area contributed by atoms with Gasteiger partial charge in [-0.3, -0.25) is 4.98 Å². The summed E-state index contributed by atoms with van der Waals surface area (Å²) in [5.41, 5.74) is 10.8. The van der Waals surface area contributed by atoms with E-state index in [4.69, 9.17) is 0 Å². The molecule has 0 N–H and O–H groups in total. The molecule has 2 nitrogen and oxygen atoms in total. The molecule has 0 amide bonds. The van der Waals surface area contributed by atoms with Crippen molar-refractivity contribution in [3.05, 3.63) is 77.8 Å². The molecule has 0 atom stereocenters. The molecule has 1 aliphatic carbocycles. The van der Waals surface area contributed by atoms with Gasteiger partial charge >= 0.3 is 0 Å². The highest BCUT2D eigenvalue weighted by Crippen LogP contribution is 2.42. The van der Waals surface area contributed by atoms with E-state index in [1.165, 1.54) is 44.8 Å². The number of benzene rings is 1. The van der Waals surface area contributed by atoms with Crippen LogP contribution in [0.25, 0.3) is 16.7 Å². The highest BCUT2D eigenvalue weighted by molar-refractivity contribution is 5.79. The number of hydrogen-bond donors (Lipinski definition) is 0. The first-order chi connectivity index (χ1) is 11.8. The van der Waals surface area contributed by atoms with E-state index >= 15 is 0 Å². The van der Waals surface area contributed by atoms with Crippen LogP contribution in [0.1, 0.15) is 29.5 Å². The second kappa shape index (κ2) is 5.20. The maximum atomic E-state index is 4.50. The van der Waals surface area contributed by atoms with Crippen LogP contribution in [0.2, 0.25) is 0 Å². The van der Waals surface area contributed by atoms with Gasteiger partial charge in [0.15, 0.2) is 0 Å². The summed E-state index contributed by atoms with van der Waals surface area (Å²) in [5, 5.41) is 0. The summed E-state index contributed by atoms with van der Waals surface area (Å²) < 4.78 is 0. The van der Waals surface area contributed by atoms with Crippen LogP contribution in [0, 0.1) is 0 Å². The normalized spacial score (nSPS) is 18.1. The Bertz CT molecular complexity index is 918. The van der Waals surface area contributed by atoms with Crippen molar-refractivity contribution in [1.82, 2.24) is 4.98 Å². The van der Waals surface area contributed by atoms with Gasteiger partial charge in [-0.2, -0.15) is 0 Å². The zero-order chi connectivity index (χ0) is 16.1. The Kier molecular flexibility index (Phi) is 2.99. The van der Waals surface area contributed by atoms with Crippen LogP contribution in [0.15, 0.2) is 61.1 Å². The summed E-state index contributed by atoms with van der Waals surface area (Å²) in [5.74, 6) is 0. The van der Waals surface area contributed by atoms with Crippen molar-refractivity contribution in [3.63, 3.8) is 0 Å². The van der Waals surface area contributed by atoms with Crippen LogP contribution in [-0.4, -0.2) is 11.5 Å². The van der Waals surface area contributed by atoms with E-state index in [9.17, 15) is 0 Å². The van der Waals surface area contributed by atoms with E-state index in [-0.39, 0.29) is 0 Å². The molecule has 5 rings (SSSR count). The lowest BCUT2D eigenvalue weighted by atomic mass is 9.93. The van der Waals surface area contributed by atoms with Crippen LogP contribution >= 0.6 is 0 Å². The van der Waals surface area contributed by atoms with Gasteiger partial charge in [0.05, 0.1) is 0 Å². The molecule has 0 fully saturated rings. The monoisotopic (exact) mass is 312 g/mol. The smallest absolute Gasteiger partial charge is 0.0474 e. The maximum absolute atomic E-state index is 4.50. The molecule has 0 saturated heterocycles. The standard InChI is InChI=1S/C22H20N2/c1-15-6-7-17-10-19(11-18-8-9-24(15)22(17)18)21-12-20(13-23-14-21)16-4-2-3-5-16/h2-4,10-14H,1,5-9H2. The second-order valence-corrected chi connectivity index (χ2v) is 6.90. The third-order valence-corrected chi connectivity index (χ3v) is 5.42. The lowest BCUT2D eigenvalue weighted by molar-refractivity contribution is 0.815. The first-order valence-corrected chi connectivity index (χ1v) is 8.72. The Balaban J connectivity index is 1.59. The lowest BCUT2D eigenvalue weighted by Gasteiger charge is -2.29. The fourth-order valence-electron chi connectivity index (χ4n) is 4.16. The van der Waals surface area contributed by atoms with Crippen molar-refractivity contribution in [1.29, 1.82) is 0 Å². The molecule has 1 aromatic heterocycles. The molecule has 2 aliphatic heterocycles. The molecular weight excluding hydrogens is 292 g/mol. The minimum atomic E-state index is 1.01. The summed E-state index contributed by atoms with van der Waals surface area (Å²) in [7, 11) is 0. The number of pyridine rings is 1. The maximum Gasteiger partial charge on any atom is 0.0474 e. The molecule has 0 bridgehead atoms. The van der Waals surface area contributed by atoms with Crippen molar-refractivity contribution >= 4 is 11.3 Å². The highest BCUT2D eigenvalue weighted by Gasteiger charge is 2.28. The molecule has 24 heavy (non-hydrogen) atoms. The Morgan fingerprint density at radius 3 is 2.58 bits per heavy atom. The quantitative estimate of drug-likeness (QED) is 0.783. The minimum Gasteiger partial charge on any atom is -0.345 e. The first kappa shape index (κ1) is 13.8. The van der Waals surface area contributed by atoms with Gasteiger partial charge in [-0.05, 0) is 71.7 Å². The zero-order valence-corrected chi connectivity index (χ0v) is 13.8. The predicted octanol–water partition coefficient (Wildman–Crippen LogP) is 4.91. The van der Waals surface area contributed by atoms with E-state index in [0.717, 1.165) is 32.2 Å². The number of allylic oxidation sites excluding steroid dienone is 5. The number of aryl methyl sites for hydroxylation is 1. The molecule has 0 radical (unpaired) electrons. The summed E-state index contributed by atoms with van der Waals surface area (Å²) in [4.78, 5) is 6.92. The molecule has 0 unspecified atom stereocenters. The highest BCUT2D eigenvalue weighted by atomic mass is 15.2. The van der Waals surface area contributed by atoms with Gasteiger partial charge in [0.25, 0.3) is 0 Å². The van der Waals surface area contributed by atoms with Crippen LogP contribution in [0.3, 0.4) is 0 Å². The number of nitrogens with zero attached hydrogens (tertiary/aromatic N) is 2. The second-order valence-electron chi connectivity index (χ2n) is 6.90. The minimum absolute atomic E-state index is 1.01. The van der Waals surface area contributed by atoms with Crippen molar-refractivity contribution in [2.45, 2.75) is 25.7 Å². The molecule has 118 valence electrons. The summed E-state index contributed by atoms with van der Waals surface area (Å²) >= 11 is 0. The fraction of sp³-hybridized carbons (Fsp3) is 0.227.